The van der Waals surface area contributed by atoms with Crippen LogP contribution < -0.4 is 10.0 Å². The van der Waals surface area contributed by atoms with Crippen molar-refractivity contribution in [3.63, 3.8) is 0 Å². The lowest BCUT2D eigenvalue weighted by Gasteiger charge is -2.31. The Kier molecular flexibility index (Phi) is 8.86. The molecule has 1 aliphatic heterocycles. The largest absolute Gasteiger partial charge is 0.452 e. The number of rotatable bonds is 9. The van der Waals surface area contributed by atoms with Crippen LogP contribution in [0.2, 0.25) is 0 Å². The first kappa shape index (κ1) is 27.8. The van der Waals surface area contributed by atoms with E-state index in [0.29, 0.717) is 6.42 Å². The second kappa shape index (κ2) is 10.9. The molecule has 0 spiro atoms. The molecule has 2 N–H and O–H groups in total. The standard InChI is InChI=1S/C22H30F3N3O5S/c1-13(2)17(19(29)22(23,24)25)26-20(30)16-11-8-12-28(16)21(31)18(14(3)4)27-34(32,33)15-9-6-5-7-10-15/h5-7,9-10,13-14,16-18,27H,8,11-12H2,1-4H3,(H,26,30)/t16-,17-,18-/m0/s1. The minimum atomic E-state index is -5.12. The number of amides is 2. The van der Waals surface area contributed by atoms with Crippen LogP contribution in [0.15, 0.2) is 35.2 Å². The second-order valence-corrected chi connectivity index (χ2v) is 10.7. The molecule has 12 heteroatoms. The molecule has 8 nitrogen and oxygen atoms in total. The number of alkyl halides is 3. The molecule has 2 rings (SSSR count). The van der Waals surface area contributed by atoms with Crippen LogP contribution in [0.1, 0.15) is 40.5 Å². The quantitative estimate of drug-likeness (QED) is 0.535. The topological polar surface area (TPSA) is 113 Å². The van der Waals surface area contributed by atoms with E-state index < -0.39 is 63.8 Å². The van der Waals surface area contributed by atoms with Gasteiger partial charge in [0.25, 0.3) is 5.78 Å². The third kappa shape index (κ3) is 6.56. The van der Waals surface area contributed by atoms with Crippen LogP contribution in [-0.2, 0) is 24.4 Å². The summed E-state index contributed by atoms with van der Waals surface area (Å²) in [5.41, 5.74) is 0. The molecule has 0 aliphatic carbocycles. The fraction of sp³-hybridized carbons (Fsp3) is 0.591. The van der Waals surface area contributed by atoms with E-state index in [-0.39, 0.29) is 17.9 Å². The highest BCUT2D eigenvalue weighted by atomic mass is 32.2. The van der Waals surface area contributed by atoms with Crippen molar-refractivity contribution < 1.29 is 36.0 Å². The van der Waals surface area contributed by atoms with Crippen LogP contribution in [0, 0.1) is 11.8 Å². The maximum atomic E-state index is 13.3. The van der Waals surface area contributed by atoms with Gasteiger partial charge in [0.15, 0.2) is 0 Å². The fourth-order valence-corrected chi connectivity index (χ4v) is 5.11. The van der Waals surface area contributed by atoms with Crippen molar-refractivity contribution in [1.29, 1.82) is 0 Å². The number of likely N-dealkylation sites (tertiary alicyclic amines) is 1. The minimum Gasteiger partial charge on any atom is -0.344 e. The van der Waals surface area contributed by atoms with E-state index in [0.717, 1.165) is 0 Å². The van der Waals surface area contributed by atoms with Crippen molar-refractivity contribution in [1.82, 2.24) is 14.9 Å². The average molecular weight is 506 g/mol. The van der Waals surface area contributed by atoms with Crippen LogP contribution in [0.4, 0.5) is 13.2 Å². The molecular formula is C22H30F3N3O5S. The predicted octanol–water partition coefficient (Wildman–Crippen LogP) is 2.25. The Balaban J connectivity index is 2.23. The Morgan fingerprint density at radius 1 is 1.00 bits per heavy atom. The van der Waals surface area contributed by atoms with Gasteiger partial charge in [-0.25, -0.2) is 8.42 Å². The molecule has 0 aromatic heterocycles. The predicted molar refractivity (Wildman–Crippen MR) is 118 cm³/mol. The number of carbonyl (C=O) groups is 3. The fourth-order valence-electron chi connectivity index (χ4n) is 3.75. The van der Waals surface area contributed by atoms with Gasteiger partial charge in [-0.1, -0.05) is 45.9 Å². The van der Waals surface area contributed by atoms with Gasteiger partial charge in [-0.05, 0) is 36.8 Å². The Bertz CT molecular complexity index is 997. The summed E-state index contributed by atoms with van der Waals surface area (Å²) in [5, 5.41) is 2.15. The van der Waals surface area contributed by atoms with E-state index in [9.17, 15) is 36.0 Å². The third-order valence-electron chi connectivity index (χ3n) is 5.63. The van der Waals surface area contributed by atoms with Gasteiger partial charge < -0.3 is 10.2 Å². The molecule has 0 bridgehead atoms. The lowest BCUT2D eigenvalue weighted by molar-refractivity contribution is -0.175. The molecule has 0 saturated carbocycles. The number of benzene rings is 1. The van der Waals surface area contributed by atoms with Crippen LogP contribution in [0.25, 0.3) is 0 Å². The SMILES string of the molecule is CC(C)[C@H](NS(=O)(=O)c1ccccc1)C(=O)N1CCC[C@H]1C(=O)N[C@H](C(=O)C(F)(F)F)C(C)C. The molecule has 1 heterocycles. The van der Waals surface area contributed by atoms with Crippen molar-refractivity contribution in [2.24, 2.45) is 11.8 Å². The van der Waals surface area contributed by atoms with Gasteiger partial charge in [0, 0.05) is 6.54 Å². The normalized spacial score (nSPS) is 18.7. The van der Waals surface area contributed by atoms with Crippen LogP contribution in [-0.4, -0.2) is 61.8 Å². The number of sulfonamides is 1. The van der Waals surface area contributed by atoms with Crippen molar-refractivity contribution in [3.8, 4) is 0 Å². The zero-order chi connectivity index (χ0) is 25.8. The first-order valence-corrected chi connectivity index (χ1v) is 12.4. The van der Waals surface area contributed by atoms with Gasteiger partial charge in [-0.15, -0.1) is 0 Å². The lowest BCUT2D eigenvalue weighted by Crippen LogP contribution is -2.58. The maximum absolute atomic E-state index is 13.3. The number of nitrogens with zero attached hydrogens (tertiary/aromatic N) is 1. The number of carbonyl (C=O) groups excluding carboxylic acids is 3. The van der Waals surface area contributed by atoms with Gasteiger partial charge in [0.2, 0.25) is 21.8 Å². The third-order valence-corrected chi connectivity index (χ3v) is 7.09. The highest BCUT2D eigenvalue weighted by Crippen LogP contribution is 2.24. The summed E-state index contributed by atoms with van der Waals surface area (Å²) < 4.78 is 66.8. The highest BCUT2D eigenvalue weighted by Gasteiger charge is 2.46. The number of Topliss-reactive ketones (excluding diaryl/α,β-unsaturated/α-hetero) is 1. The number of hydrogen-bond acceptors (Lipinski definition) is 5. The number of halogens is 3. The Hall–Kier alpha value is -2.47. The number of hydrogen-bond donors (Lipinski definition) is 2. The average Bonchev–Trinajstić information content (AvgIpc) is 3.24. The van der Waals surface area contributed by atoms with E-state index >= 15 is 0 Å². The lowest BCUT2D eigenvalue weighted by atomic mass is 9.98. The van der Waals surface area contributed by atoms with Gasteiger partial charge in [0.1, 0.15) is 12.1 Å². The summed E-state index contributed by atoms with van der Waals surface area (Å²) >= 11 is 0. The molecule has 1 aromatic carbocycles. The Morgan fingerprint density at radius 2 is 1.56 bits per heavy atom. The smallest absolute Gasteiger partial charge is 0.344 e. The van der Waals surface area contributed by atoms with Gasteiger partial charge >= 0.3 is 6.18 Å². The van der Waals surface area contributed by atoms with E-state index in [4.69, 9.17) is 0 Å². The van der Waals surface area contributed by atoms with Crippen LogP contribution >= 0.6 is 0 Å². The molecular weight excluding hydrogens is 475 g/mol. The summed E-state index contributed by atoms with van der Waals surface area (Å²) in [7, 11) is -4.04. The molecule has 2 amide bonds. The Labute approximate surface area is 197 Å². The number of ketones is 1. The molecule has 1 aromatic rings. The summed E-state index contributed by atoms with van der Waals surface area (Å²) in [5.74, 6) is -4.91. The number of nitrogens with one attached hydrogen (secondary N) is 2. The summed E-state index contributed by atoms with van der Waals surface area (Å²) in [6.45, 7) is 6.15. The van der Waals surface area contributed by atoms with Crippen LogP contribution in [0.5, 0.6) is 0 Å². The van der Waals surface area contributed by atoms with E-state index in [2.05, 4.69) is 10.0 Å². The molecule has 1 aliphatic rings. The molecule has 1 fully saturated rings. The monoisotopic (exact) mass is 505 g/mol. The molecule has 1 saturated heterocycles. The molecule has 0 radical (unpaired) electrons. The van der Waals surface area contributed by atoms with Crippen LogP contribution in [0.3, 0.4) is 0 Å². The van der Waals surface area contributed by atoms with Gasteiger partial charge in [-0.2, -0.15) is 17.9 Å². The maximum Gasteiger partial charge on any atom is 0.452 e. The highest BCUT2D eigenvalue weighted by molar-refractivity contribution is 7.89. The summed E-state index contributed by atoms with van der Waals surface area (Å²) in [6, 6.07) is 3.37. The zero-order valence-electron chi connectivity index (χ0n) is 19.4. The van der Waals surface area contributed by atoms with Crippen molar-refractivity contribution >= 4 is 27.6 Å². The van der Waals surface area contributed by atoms with Crippen molar-refractivity contribution in [2.75, 3.05) is 6.54 Å². The molecule has 34 heavy (non-hydrogen) atoms. The van der Waals surface area contributed by atoms with Gasteiger partial charge in [-0.3, -0.25) is 14.4 Å². The zero-order valence-corrected chi connectivity index (χ0v) is 20.2. The first-order chi connectivity index (χ1) is 15.7. The molecule has 0 unspecified atom stereocenters. The van der Waals surface area contributed by atoms with Gasteiger partial charge in [0.05, 0.1) is 10.9 Å². The summed E-state index contributed by atoms with van der Waals surface area (Å²) in [6.07, 6.45) is -4.54. The first-order valence-electron chi connectivity index (χ1n) is 11.0. The van der Waals surface area contributed by atoms with Crippen molar-refractivity contribution in [3.05, 3.63) is 30.3 Å². The molecule has 190 valence electrons. The minimum absolute atomic E-state index is 0.0328. The molecule has 3 atom stereocenters. The van der Waals surface area contributed by atoms with E-state index in [1.807, 2.05) is 0 Å². The van der Waals surface area contributed by atoms with E-state index in [1.165, 1.54) is 43.0 Å². The van der Waals surface area contributed by atoms with Crippen molar-refractivity contribution in [2.45, 2.75) is 69.7 Å². The Morgan fingerprint density at radius 3 is 2.06 bits per heavy atom. The summed E-state index contributed by atoms with van der Waals surface area (Å²) in [4.78, 5) is 39.0. The van der Waals surface area contributed by atoms with E-state index in [1.54, 1.807) is 19.9 Å². The second-order valence-electron chi connectivity index (χ2n) is 8.94.